The molecular formula is C9H21Cl3NO4PSi. The lowest BCUT2D eigenvalue weighted by Crippen LogP contribution is -2.47. The SMILES string of the molecule is CCOP(=O)(NC(O[Si](C)(C)C)C(Cl)(Cl)Cl)OCC. The van der Waals surface area contributed by atoms with Crippen LogP contribution in [-0.2, 0) is 18.0 Å². The summed E-state index contributed by atoms with van der Waals surface area (Å²) in [5.74, 6) is 0. The summed E-state index contributed by atoms with van der Waals surface area (Å²) in [7, 11) is -5.59. The zero-order valence-electron chi connectivity index (χ0n) is 11.7. The van der Waals surface area contributed by atoms with Crippen molar-refractivity contribution in [2.75, 3.05) is 13.2 Å². The topological polar surface area (TPSA) is 56.8 Å². The van der Waals surface area contributed by atoms with Gasteiger partial charge in [-0.1, -0.05) is 34.8 Å². The van der Waals surface area contributed by atoms with Gasteiger partial charge in [0.15, 0.2) is 14.5 Å². The minimum atomic E-state index is -3.56. The smallest absolute Gasteiger partial charge is 0.398 e. The number of halogens is 3. The van der Waals surface area contributed by atoms with Gasteiger partial charge in [-0.15, -0.1) is 0 Å². The quantitative estimate of drug-likeness (QED) is 0.298. The molecule has 116 valence electrons. The lowest BCUT2D eigenvalue weighted by atomic mass is 10.7. The van der Waals surface area contributed by atoms with Gasteiger partial charge in [0.25, 0.3) is 0 Å². The largest absolute Gasteiger partial charge is 0.407 e. The van der Waals surface area contributed by atoms with Gasteiger partial charge in [0.1, 0.15) is 0 Å². The van der Waals surface area contributed by atoms with Gasteiger partial charge in [0.2, 0.25) is 3.79 Å². The lowest BCUT2D eigenvalue weighted by Gasteiger charge is -2.33. The van der Waals surface area contributed by atoms with Crippen LogP contribution in [0.15, 0.2) is 0 Å². The third-order valence-electron chi connectivity index (χ3n) is 1.64. The second-order valence-corrected chi connectivity index (χ2v) is 13.2. The Bertz CT molecular complexity index is 312. The first-order valence-corrected chi connectivity index (χ1v) is 11.9. The summed E-state index contributed by atoms with van der Waals surface area (Å²) in [6, 6.07) is 0. The highest BCUT2D eigenvalue weighted by atomic mass is 35.6. The summed E-state index contributed by atoms with van der Waals surface area (Å²) < 4.78 is 26.4. The molecule has 0 aromatic rings. The maximum absolute atomic E-state index is 12.4. The minimum Gasteiger partial charge on any atom is -0.398 e. The minimum absolute atomic E-state index is 0.198. The molecule has 1 N–H and O–H groups in total. The third kappa shape index (κ3) is 8.91. The summed E-state index contributed by atoms with van der Waals surface area (Å²) in [6.45, 7) is 9.54. The maximum Gasteiger partial charge on any atom is 0.407 e. The molecule has 1 atom stereocenters. The van der Waals surface area contributed by atoms with E-state index < -0.39 is 26.1 Å². The molecule has 0 bridgehead atoms. The Kier molecular flexibility index (Phi) is 8.45. The maximum atomic E-state index is 12.4. The lowest BCUT2D eigenvalue weighted by molar-refractivity contribution is 0.148. The second kappa shape index (κ2) is 7.97. The Balaban J connectivity index is 5.02. The first-order valence-electron chi connectivity index (χ1n) is 5.85. The van der Waals surface area contributed by atoms with Crippen LogP contribution in [0.2, 0.25) is 19.6 Å². The predicted octanol–water partition coefficient (Wildman–Crippen LogP) is 4.30. The first-order chi connectivity index (χ1) is 8.43. The highest BCUT2D eigenvalue weighted by Crippen LogP contribution is 2.47. The van der Waals surface area contributed by atoms with E-state index in [0.717, 1.165) is 0 Å². The van der Waals surface area contributed by atoms with E-state index in [1.807, 2.05) is 19.6 Å². The monoisotopic (exact) mass is 371 g/mol. The normalized spacial score (nSPS) is 15.6. The fraction of sp³-hybridized carbons (Fsp3) is 1.00. The van der Waals surface area contributed by atoms with E-state index in [-0.39, 0.29) is 13.2 Å². The van der Waals surface area contributed by atoms with Gasteiger partial charge in [-0.05, 0) is 33.5 Å². The van der Waals surface area contributed by atoms with Crippen molar-refractivity contribution in [3.63, 3.8) is 0 Å². The van der Waals surface area contributed by atoms with Crippen LogP contribution in [0.1, 0.15) is 13.8 Å². The summed E-state index contributed by atoms with van der Waals surface area (Å²) in [5.41, 5.74) is 0. The van der Waals surface area contributed by atoms with Crippen molar-refractivity contribution >= 4 is 50.9 Å². The fourth-order valence-electron chi connectivity index (χ4n) is 1.12. The molecule has 1 unspecified atom stereocenters. The van der Waals surface area contributed by atoms with Crippen LogP contribution in [-0.4, -0.2) is 31.6 Å². The molecule has 0 radical (unpaired) electrons. The molecule has 0 aliphatic rings. The molecule has 0 aromatic heterocycles. The van der Waals surface area contributed by atoms with Crippen LogP contribution >= 0.6 is 42.5 Å². The summed E-state index contributed by atoms with van der Waals surface area (Å²) in [6.07, 6.45) is -1.08. The number of hydrogen-bond donors (Lipinski definition) is 1. The summed E-state index contributed by atoms with van der Waals surface area (Å²) >= 11 is 17.5. The summed E-state index contributed by atoms with van der Waals surface area (Å²) in [5, 5.41) is 2.56. The number of hydrogen-bond acceptors (Lipinski definition) is 4. The predicted molar refractivity (Wildman–Crippen MR) is 82.5 cm³/mol. The van der Waals surface area contributed by atoms with Gasteiger partial charge in [-0.25, -0.2) is 4.57 Å². The highest BCUT2D eigenvalue weighted by molar-refractivity contribution is 7.51. The van der Waals surface area contributed by atoms with E-state index >= 15 is 0 Å². The molecule has 0 aliphatic carbocycles. The molecule has 19 heavy (non-hydrogen) atoms. The van der Waals surface area contributed by atoms with Gasteiger partial charge in [0.05, 0.1) is 13.2 Å². The molecule has 10 heteroatoms. The van der Waals surface area contributed by atoms with Gasteiger partial charge in [-0.2, -0.15) is 5.09 Å². The Labute approximate surface area is 130 Å². The van der Waals surface area contributed by atoms with Crippen molar-refractivity contribution in [3.05, 3.63) is 0 Å². The standard InChI is InChI=1S/C9H21Cl3NO4PSi/c1-6-15-18(14,16-7-2)13-8(9(10,11)12)17-19(3,4)5/h8H,6-7H2,1-5H3,(H,13,14). The number of alkyl halides is 3. The molecular weight excluding hydrogens is 352 g/mol. The molecule has 0 aliphatic heterocycles. The van der Waals surface area contributed by atoms with Crippen molar-refractivity contribution in [3.8, 4) is 0 Å². The molecule has 0 aromatic carbocycles. The number of rotatable bonds is 8. The van der Waals surface area contributed by atoms with Crippen molar-refractivity contribution in [1.29, 1.82) is 0 Å². The van der Waals surface area contributed by atoms with E-state index in [9.17, 15) is 4.57 Å². The zero-order valence-corrected chi connectivity index (χ0v) is 15.9. The molecule has 0 saturated heterocycles. The Hall–Kier alpha value is 1.16. The van der Waals surface area contributed by atoms with E-state index in [1.54, 1.807) is 13.8 Å². The van der Waals surface area contributed by atoms with Crippen LogP contribution in [0.3, 0.4) is 0 Å². The first kappa shape index (κ1) is 20.2. The van der Waals surface area contributed by atoms with Crippen LogP contribution in [0.4, 0.5) is 0 Å². The molecule has 0 saturated carbocycles. The Morgan fingerprint density at radius 2 is 1.58 bits per heavy atom. The van der Waals surface area contributed by atoms with Crippen molar-refractivity contribution in [1.82, 2.24) is 5.09 Å². The van der Waals surface area contributed by atoms with Crippen molar-refractivity contribution in [2.24, 2.45) is 0 Å². The molecule has 0 rings (SSSR count). The van der Waals surface area contributed by atoms with E-state index in [2.05, 4.69) is 5.09 Å². The van der Waals surface area contributed by atoms with E-state index in [1.165, 1.54) is 0 Å². The average molecular weight is 373 g/mol. The molecule has 0 amide bonds. The van der Waals surface area contributed by atoms with Gasteiger partial charge in [-0.3, -0.25) is 9.05 Å². The molecule has 0 heterocycles. The van der Waals surface area contributed by atoms with E-state index in [4.69, 9.17) is 48.3 Å². The van der Waals surface area contributed by atoms with Crippen molar-refractivity contribution < 1.29 is 18.0 Å². The van der Waals surface area contributed by atoms with Gasteiger partial charge >= 0.3 is 7.75 Å². The summed E-state index contributed by atoms with van der Waals surface area (Å²) in [4.78, 5) is 0. The second-order valence-electron chi connectivity index (χ2n) is 4.61. The zero-order chi connectivity index (χ0) is 15.3. The van der Waals surface area contributed by atoms with Crippen LogP contribution in [0, 0.1) is 0 Å². The van der Waals surface area contributed by atoms with E-state index in [0.29, 0.717) is 0 Å². The Morgan fingerprint density at radius 1 is 1.16 bits per heavy atom. The highest BCUT2D eigenvalue weighted by Gasteiger charge is 2.42. The third-order valence-corrected chi connectivity index (χ3v) is 4.93. The Morgan fingerprint density at radius 3 is 1.84 bits per heavy atom. The van der Waals surface area contributed by atoms with Crippen LogP contribution in [0.25, 0.3) is 0 Å². The fourth-order valence-corrected chi connectivity index (χ4v) is 4.34. The van der Waals surface area contributed by atoms with Crippen molar-refractivity contribution in [2.45, 2.75) is 43.5 Å². The molecule has 5 nitrogen and oxygen atoms in total. The van der Waals surface area contributed by atoms with Gasteiger partial charge in [0, 0.05) is 0 Å². The average Bonchev–Trinajstić information content (AvgIpc) is 2.13. The van der Waals surface area contributed by atoms with Crippen LogP contribution in [0.5, 0.6) is 0 Å². The number of nitrogens with one attached hydrogen (secondary N) is 1. The van der Waals surface area contributed by atoms with Gasteiger partial charge < -0.3 is 4.43 Å². The molecule has 0 spiro atoms. The van der Waals surface area contributed by atoms with Crippen LogP contribution < -0.4 is 5.09 Å². The molecule has 0 fully saturated rings.